The van der Waals surface area contributed by atoms with Gasteiger partial charge in [-0.3, -0.25) is 0 Å². The van der Waals surface area contributed by atoms with Crippen molar-refractivity contribution in [3.05, 3.63) is 0 Å². The first-order valence-corrected chi connectivity index (χ1v) is 3.99. The molecule has 0 aromatic rings. The lowest BCUT2D eigenvalue weighted by molar-refractivity contribution is 0.147. The predicted molar refractivity (Wildman–Crippen MR) is 37.8 cm³/mol. The van der Waals surface area contributed by atoms with Gasteiger partial charge in [0.15, 0.2) is 0 Å². The zero-order chi connectivity index (χ0) is 6.24. The standard InChI is InChI=1S/C5H14NOSi/c6-2-1-3-7-4-5-8/h1-6,8H2. The van der Waals surface area contributed by atoms with Crippen molar-refractivity contribution in [2.75, 3.05) is 19.8 Å². The second-order valence-electron chi connectivity index (χ2n) is 1.61. The van der Waals surface area contributed by atoms with Crippen LogP contribution < -0.4 is 5.73 Å². The molecule has 0 aromatic heterocycles. The van der Waals surface area contributed by atoms with E-state index in [1.54, 1.807) is 0 Å². The Labute approximate surface area is 53.8 Å². The normalized spacial score (nSPS) is 9.75. The van der Waals surface area contributed by atoms with Gasteiger partial charge in [-0.2, -0.15) is 0 Å². The van der Waals surface area contributed by atoms with E-state index in [2.05, 4.69) is 0 Å². The van der Waals surface area contributed by atoms with Crippen LogP contribution in [0.2, 0.25) is 6.04 Å². The highest BCUT2D eigenvalue weighted by Gasteiger charge is 1.81. The molecule has 0 aliphatic heterocycles. The molecule has 0 aliphatic rings. The summed E-state index contributed by atoms with van der Waals surface area (Å²) >= 11 is 0. The Morgan fingerprint density at radius 3 is 2.62 bits per heavy atom. The molecule has 0 saturated carbocycles. The molecule has 0 aliphatic carbocycles. The van der Waals surface area contributed by atoms with Gasteiger partial charge in [-0.25, -0.2) is 0 Å². The van der Waals surface area contributed by atoms with E-state index in [-0.39, 0.29) is 0 Å². The molecule has 8 heavy (non-hydrogen) atoms. The van der Waals surface area contributed by atoms with Crippen LogP contribution in [0.4, 0.5) is 0 Å². The summed E-state index contributed by atoms with van der Waals surface area (Å²) in [5.74, 6) is 0. The first-order chi connectivity index (χ1) is 3.91. The summed E-state index contributed by atoms with van der Waals surface area (Å²) in [5, 5.41) is 0. The largest absolute Gasteiger partial charge is 0.382 e. The molecule has 0 fully saturated rings. The highest BCUT2D eigenvalue weighted by atomic mass is 28.1. The fourth-order valence-corrected chi connectivity index (χ4v) is 0.594. The van der Waals surface area contributed by atoms with Crippen LogP contribution in [-0.2, 0) is 4.74 Å². The van der Waals surface area contributed by atoms with Crippen molar-refractivity contribution in [1.29, 1.82) is 0 Å². The Morgan fingerprint density at radius 2 is 2.12 bits per heavy atom. The average molecular weight is 132 g/mol. The summed E-state index contributed by atoms with van der Waals surface area (Å²) in [5.41, 5.74) is 5.23. The zero-order valence-corrected chi connectivity index (χ0v) is 6.64. The maximum Gasteiger partial charge on any atom is 0.0477 e. The minimum atomic E-state index is 0.742. The van der Waals surface area contributed by atoms with Gasteiger partial charge in [-0.05, 0) is 19.0 Å². The number of hydrogen-bond donors (Lipinski definition) is 1. The Kier molecular flexibility index (Phi) is 7.26. The number of ether oxygens (including phenoxy) is 1. The molecule has 0 atom stereocenters. The maximum atomic E-state index is 5.23. The second-order valence-corrected chi connectivity index (χ2v) is 2.32. The first kappa shape index (κ1) is 8.14. The third-order valence-corrected chi connectivity index (χ3v) is 1.07. The highest BCUT2D eigenvalue weighted by molar-refractivity contribution is 6.08. The molecule has 0 unspecified atom stereocenters. The molecule has 0 heterocycles. The van der Waals surface area contributed by atoms with Crippen molar-refractivity contribution in [3.63, 3.8) is 0 Å². The average Bonchev–Trinajstić information content (AvgIpc) is 1.81. The van der Waals surface area contributed by atoms with Crippen molar-refractivity contribution < 1.29 is 4.74 Å². The Balaban J connectivity index is 2.53. The van der Waals surface area contributed by atoms with Gasteiger partial charge in [-0.1, -0.05) is 0 Å². The fraction of sp³-hybridized carbons (Fsp3) is 1.00. The molecule has 2 nitrogen and oxygen atoms in total. The Morgan fingerprint density at radius 1 is 1.38 bits per heavy atom. The van der Waals surface area contributed by atoms with Crippen LogP contribution in [-0.4, -0.2) is 30.0 Å². The van der Waals surface area contributed by atoms with Gasteiger partial charge in [0, 0.05) is 23.5 Å². The maximum absolute atomic E-state index is 5.23. The van der Waals surface area contributed by atoms with E-state index in [9.17, 15) is 0 Å². The van der Waals surface area contributed by atoms with Crippen LogP contribution in [0, 0.1) is 0 Å². The molecule has 2 N–H and O–H groups in total. The van der Waals surface area contributed by atoms with Crippen LogP contribution in [0.15, 0.2) is 0 Å². The second kappa shape index (κ2) is 7.14. The van der Waals surface area contributed by atoms with Gasteiger partial charge in [0.25, 0.3) is 0 Å². The molecule has 1 radical (unpaired) electrons. The van der Waals surface area contributed by atoms with E-state index < -0.39 is 0 Å². The van der Waals surface area contributed by atoms with Crippen molar-refractivity contribution in [2.45, 2.75) is 12.5 Å². The topological polar surface area (TPSA) is 35.2 Å². The van der Waals surface area contributed by atoms with E-state index in [4.69, 9.17) is 10.5 Å². The molecule has 0 aromatic carbocycles. The van der Waals surface area contributed by atoms with Gasteiger partial charge in [0.1, 0.15) is 0 Å². The lowest BCUT2D eigenvalue weighted by Crippen LogP contribution is -2.04. The van der Waals surface area contributed by atoms with Crippen LogP contribution in [0.5, 0.6) is 0 Å². The molecule has 0 rings (SSSR count). The van der Waals surface area contributed by atoms with E-state index in [0.717, 1.165) is 32.2 Å². The monoisotopic (exact) mass is 132 g/mol. The quantitative estimate of drug-likeness (QED) is 0.400. The fourth-order valence-electron chi connectivity index (χ4n) is 0.390. The smallest absolute Gasteiger partial charge is 0.0477 e. The molecular weight excluding hydrogens is 118 g/mol. The van der Waals surface area contributed by atoms with Crippen molar-refractivity contribution in [2.24, 2.45) is 5.73 Å². The Bertz CT molecular complexity index is 37.4. The molecular formula is C5H14NOSi. The first-order valence-electron chi connectivity index (χ1n) is 2.99. The lowest BCUT2D eigenvalue weighted by Gasteiger charge is -1.97. The van der Waals surface area contributed by atoms with Crippen LogP contribution in [0.3, 0.4) is 0 Å². The minimum Gasteiger partial charge on any atom is -0.382 e. The van der Waals surface area contributed by atoms with Gasteiger partial charge >= 0.3 is 0 Å². The van der Waals surface area contributed by atoms with E-state index in [1.807, 2.05) is 10.2 Å². The summed E-state index contributed by atoms with van der Waals surface area (Å²) in [6, 6.07) is 1.13. The molecule has 0 saturated heterocycles. The number of rotatable bonds is 5. The van der Waals surface area contributed by atoms with Gasteiger partial charge in [-0.15, -0.1) is 0 Å². The SMILES string of the molecule is NCCCOCC[SiH2]. The summed E-state index contributed by atoms with van der Waals surface area (Å²) in [6.45, 7) is 2.46. The molecule has 0 spiro atoms. The van der Waals surface area contributed by atoms with Gasteiger partial charge in [0.2, 0.25) is 0 Å². The zero-order valence-electron chi connectivity index (χ0n) is 5.23. The minimum absolute atomic E-state index is 0.742. The molecule has 3 heteroatoms. The van der Waals surface area contributed by atoms with Crippen molar-refractivity contribution >= 4 is 10.2 Å². The number of hydrogen-bond acceptors (Lipinski definition) is 2. The van der Waals surface area contributed by atoms with Crippen molar-refractivity contribution in [3.8, 4) is 0 Å². The van der Waals surface area contributed by atoms with Crippen molar-refractivity contribution in [1.82, 2.24) is 0 Å². The third kappa shape index (κ3) is 6.14. The summed E-state index contributed by atoms with van der Waals surface area (Å²) < 4.78 is 5.15. The van der Waals surface area contributed by atoms with Crippen LogP contribution >= 0.6 is 0 Å². The summed E-state index contributed by atoms with van der Waals surface area (Å²) in [6.07, 6.45) is 0.989. The Hall–Kier alpha value is 0.137. The van der Waals surface area contributed by atoms with E-state index >= 15 is 0 Å². The van der Waals surface area contributed by atoms with Crippen LogP contribution in [0.1, 0.15) is 6.42 Å². The molecule has 49 valence electrons. The predicted octanol–water partition coefficient (Wildman–Crippen LogP) is -0.597. The third-order valence-electron chi connectivity index (χ3n) is 0.781. The molecule has 0 bridgehead atoms. The van der Waals surface area contributed by atoms with E-state index in [0.29, 0.717) is 0 Å². The lowest BCUT2D eigenvalue weighted by atomic mass is 10.5. The highest BCUT2D eigenvalue weighted by Crippen LogP contribution is 1.80. The van der Waals surface area contributed by atoms with E-state index in [1.165, 1.54) is 0 Å². The number of nitrogens with two attached hydrogens (primary N) is 1. The summed E-state index contributed by atoms with van der Waals surface area (Å²) in [7, 11) is 1.93. The summed E-state index contributed by atoms with van der Waals surface area (Å²) in [4.78, 5) is 0. The van der Waals surface area contributed by atoms with Gasteiger partial charge < -0.3 is 10.5 Å². The molecule has 0 amide bonds. The van der Waals surface area contributed by atoms with Crippen LogP contribution in [0.25, 0.3) is 0 Å². The van der Waals surface area contributed by atoms with Gasteiger partial charge in [0.05, 0.1) is 0 Å².